The van der Waals surface area contributed by atoms with Crippen molar-refractivity contribution in [1.82, 2.24) is 15.8 Å². The summed E-state index contributed by atoms with van der Waals surface area (Å²) in [6.45, 7) is 5.33. The van der Waals surface area contributed by atoms with Gasteiger partial charge in [-0.25, -0.2) is 4.39 Å². The standard InChI is InChI=1S/C26H31FN4O5/c1-15-22(14-20-19-13-18(27)10-11-21(19)30-25(20)34)29-16(2)24(15)26(35)28-12-8-6-4-5-7-9-23(33)31-36-17(3)32/h10-11,13-14,29H,4-9,12H2,1-3H3,(H,28,35)(H,30,34)(H,31,33)/b20-14-. The fourth-order valence-corrected chi connectivity index (χ4v) is 4.12. The molecule has 0 fully saturated rings. The molecule has 1 aromatic heterocycles. The Bertz CT molecular complexity index is 1200. The molecule has 0 saturated heterocycles. The smallest absolute Gasteiger partial charge is 0.329 e. The van der Waals surface area contributed by atoms with Gasteiger partial charge in [-0.3, -0.25) is 19.2 Å². The molecule has 36 heavy (non-hydrogen) atoms. The number of aryl methyl sites for hydroxylation is 1. The Labute approximate surface area is 208 Å². The van der Waals surface area contributed by atoms with E-state index < -0.39 is 11.8 Å². The van der Waals surface area contributed by atoms with Crippen molar-refractivity contribution in [3.05, 3.63) is 52.1 Å². The normalized spacial score (nSPS) is 13.3. The second-order valence-corrected chi connectivity index (χ2v) is 8.76. The highest BCUT2D eigenvalue weighted by Gasteiger charge is 2.26. The minimum absolute atomic E-state index is 0.199. The monoisotopic (exact) mass is 498 g/mol. The Morgan fingerprint density at radius 1 is 1.08 bits per heavy atom. The van der Waals surface area contributed by atoms with Crippen LogP contribution in [0, 0.1) is 19.7 Å². The Balaban J connectivity index is 1.47. The van der Waals surface area contributed by atoms with Crippen LogP contribution in [0.3, 0.4) is 0 Å². The first-order valence-corrected chi connectivity index (χ1v) is 11.9. The van der Waals surface area contributed by atoms with E-state index in [1.54, 1.807) is 13.0 Å². The van der Waals surface area contributed by atoms with Crippen LogP contribution >= 0.6 is 0 Å². The first kappa shape index (κ1) is 26.7. The molecular weight excluding hydrogens is 467 g/mol. The summed E-state index contributed by atoms with van der Waals surface area (Å²) in [5.41, 5.74) is 6.00. The fraction of sp³-hybridized carbons (Fsp3) is 0.385. The number of H-pyrrole nitrogens is 1. The highest BCUT2D eigenvalue weighted by atomic mass is 19.1. The van der Waals surface area contributed by atoms with Crippen LogP contribution in [0.15, 0.2) is 18.2 Å². The molecule has 0 aliphatic carbocycles. The summed E-state index contributed by atoms with van der Waals surface area (Å²) in [5.74, 6) is -1.84. The summed E-state index contributed by atoms with van der Waals surface area (Å²) >= 11 is 0. The zero-order chi connectivity index (χ0) is 26.2. The van der Waals surface area contributed by atoms with E-state index in [0.29, 0.717) is 52.3 Å². The lowest BCUT2D eigenvalue weighted by Crippen LogP contribution is -2.25. The molecule has 0 atom stereocenters. The first-order valence-electron chi connectivity index (χ1n) is 11.9. The number of anilines is 1. The average Bonchev–Trinajstić information content (AvgIpc) is 3.28. The van der Waals surface area contributed by atoms with Crippen molar-refractivity contribution in [1.29, 1.82) is 0 Å². The van der Waals surface area contributed by atoms with Crippen LogP contribution in [0.1, 0.15) is 78.3 Å². The minimum Gasteiger partial charge on any atom is -0.358 e. The number of hydroxylamine groups is 1. The third-order valence-corrected chi connectivity index (χ3v) is 5.93. The summed E-state index contributed by atoms with van der Waals surface area (Å²) < 4.78 is 13.7. The zero-order valence-electron chi connectivity index (χ0n) is 20.7. The van der Waals surface area contributed by atoms with Gasteiger partial charge in [0.2, 0.25) is 0 Å². The van der Waals surface area contributed by atoms with Crippen molar-refractivity contribution in [2.24, 2.45) is 0 Å². The number of carbonyl (C=O) groups excluding carboxylic acids is 4. The van der Waals surface area contributed by atoms with Crippen LogP contribution in [0.2, 0.25) is 0 Å². The van der Waals surface area contributed by atoms with Gasteiger partial charge in [-0.05, 0) is 56.5 Å². The molecule has 3 amide bonds. The highest BCUT2D eigenvalue weighted by Crippen LogP contribution is 2.34. The quantitative estimate of drug-likeness (QED) is 0.224. The summed E-state index contributed by atoms with van der Waals surface area (Å²) in [7, 11) is 0. The zero-order valence-corrected chi connectivity index (χ0v) is 20.7. The van der Waals surface area contributed by atoms with Crippen molar-refractivity contribution in [3.8, 4) is 0 Å². The van der Waals surface area contributed by atoms with Crippen molar-refractivity contribution in [2.75, 3.05) is 11.9 Å². The summed E-state index contributed by atoms with van der Waals surface area (Å²) in [4.78, 5) is 54.9. The van der Waals surface area contributed by atoms with Gasteiger partial charge in [-0.2, -0.15) is 5.48 Å². The van der Waals surface area contributed by atoms with Crippen molar-refractivity contribution in [3.63, 3.8) is 0 Å². The molecule has 2 aromatic rings. The molecule has 0 bridgehead atoms. The number of aromatic amines is 1. The number of rotatable bonds is 10. The van der Waals surface area contributed by atoms with E-state index in [4.69, 9.17) is 0 Å². The largest absolute Gasteiger partial charge is 0.358 e. The van der Waals surface area contributed by atoms with Gasteiger partial charge < -0.3 is 20.5 Å². The SMILES string of the molecule is CC(=O)ONC(=O)CCCCCCCNC(=O)c1c(C)[nH]c(/C=C2\C(=O)Nc3ccc(F)cc32)c1C. The maximum Gasteiger partial charge on any atom is 0.329 e. The lowest BCUT2D eigenvalue weighted by atomic mass is 10.0. The van der Waals surface area contributed by atoms with Gasteiger partial charge in [-0.15, -0.1) is 0 Å². The van der Waals surface area contributed by atoms with Crippen LogP contribution < -0.4 is 16.1 Å². The molecule has 1 aromatic carbocycles. The molecular formula is C26H31FN4O5. The molecule has 10 heteroatoms. The third kappa shape index (κ3) is 6.80. The van der Waals surface area contributed by atoms with Gasteiger partial charge in [0.1, 0.15) is 5.82 Å². The summed E-state index contributed by atoms with van der Waals surface area (Å²) in [5, 5.41) is 5.66. The summed E-state index contributed by atoms with van der Waals surface area (Å²) in [6.07, 6.45) is 6.10. The van der Waals surface area contributed by atoms with E-state index in [1.807, 2.05) is 6.92 Å². The number of hydrogen-bond donors (Lipinski definition) is 4. The van der Waals surface area contributed by atoms with Gasteiger partial charge in [-0.1, -0.05) is 19.3 Å². The highest BCUT2D eigenvalue weighted by molar-refractivity contribution is 6.34. The van der Waals surface area contributed by atoms with E-state index in [9.17, 15) is 23.6 Å². The second kappa shape index (κ2) is 12.1. The van der Waals surface area contributed by atoms with Crippen LogP contribution in [-0.2, 0) is 19.2 Å². The lowest BCUT2D eigenvalue weighted by molar-refractivity contribution is -0.156. The number of amides is 3. The number of halogens is 1. The number of carbonyl (C=O) groups is 4. The first-order chi connectivity index (χ1) is 17.2. The van der Waals surface area contributed by atoms with Crippen LogP contribution in [0.25, 0.3) is 11.6 Å². The Morgan fingerprint density at radius 3 is 2.56 bits per heavy atom. The van der Waals surface area contributed by atoms with E-state index in [1.165, 1.54) is 25.1 Å². The number of unbranched alkanes of at least 4 members (excludes halogenated alkanes) is 4. The van der Waals surface area contributed by atoms with Gasteiger partial charge in [0.15, 0.2) is 0 Å². The Kier molecular flexibility index (Phi) is 8.99. The van der Waals surface area contributed by atoms with E-state index in [2.05, 4.69) is 25.9 Å². The molecule has 0 radical (unpaired) electrons. The molecule has 0 saturated carbocycles. The van der Waals surface area contributed by atoms with Crippen molar-refractivity contribution in [2.45, 2.75) is 59.3 Å². The van der Waals surface area contributed by atoms with Crippen LogP contribution in [-0.4, -0.2) is 35.2 Å². The molecule has 9 nitrogen and oxygen atoms in total. The van der Waals surface area contributed by atoms with Gasteiger partial charge in [0.05, 0.1) is 11.1 Å². The maximum absolute atomic E-state index is 13.7. The molecule has 1 aliphatic rings. The molecule has 3 rings (SSSR count). The van der Waals surface area contributed by atoms with Gasteiger partial charge in [0.25, 0.3) is 17.7 Å². The fourth-order valence-electron chi connectivity index (χ4n) is 4.12. The molecule has 2 heterocycles. The molecule has 0 spiro atoms. The Morgan fingerprint density at radius 2 is 1.81 bits per heavy atom. The maximum atomic E-state index is 13.7. The third-order valence-electron chi connectivity index (χ3n) is 5.93. The molecule has 4 N–H and O–H groups in total. The number of fused-ring (bicyclic) bond motifs is 1. The predicted octanol–water partition coefficient (Wildman–Crippen LogP) is 3.93. The van der Waals surface area contributed by atoms with E-state index >= 15 is 0 Å². The second-order valence-electron chi connectivity index (χ2n) is 8.76. The van der Waals surface area contributed by atoms with E-state index in [0.717, 1.165) is 25.7 Å². The van der Waals surface area contributed by atoms with Crippen LogP contribution in [0.4, 0.5) is 10.1 Å². The molecule has 192 valence electrons. The van der Waals surface area contributed by atoms with Crippen LogP contribution in [0.5, 0.6) is 0 Å². The van der Waals surface area contributed by atoms with Crippen molar-refractivity contribution >= 4 is 41.0 Å². The molecule has 1 aliphatic heterocycles. The van der Waals surface area contributed by atoms with Gasteiger partial charge >= 0.3 is 5.97 Å². The number of hydrogen-bond acceptors (Lipinski definition) is 5. The summed E-state index contributed by atoms with van der Waals surface area (Å²) in [6, 6.07) is 4.13. The Hall–Kier alpha value is -3.95. The number of benzene rings is 1. The topological polar surface area (TPSA) is 129 Å². The molecule has 0 unspecified atom stereocenters. The number of nitrogens with one attached hydrogen (secondary N) is 4. The van der Waals surface area contributed by atoms with E-state index in [-0.39, 0.29) is 24.1 Å². The average molecular weight is 499 g/mol. The minimum atomic E-state index is -0.563. The number of aromatic nitrogens is 1. The van der Waals surface area contributed by atoms with Crippen molar-refractivity contribution < 1.29 is 28.4 Å². The van der Waals surface area contributed by atoms with Gasteiger partial charge in [0, 0.05) is 42.5 Å². The lowest BCUT2D eigenvalue weighted by Gasteiger charge is -2.07. The predicted molar refractivity (Wildman–Crippen MR) is 133 cm³/mol.